The Balaban J connectivity index is 1.08. The second-order valence-electron chi connectivity index (χ2n) is 13.9. The van der Waals surface area contributed by atoms with Gasteiger partial charge in [0, 0.05) is 5.56 Å². The van der Waals surface area contributed by atoms with Crippen LogP contribution in [-0.4, -0.2) is 4.98 Å². The number of fused-ring (bicyclic) bond motifs is 8. The van der Waals surface area contributed by atoms with Gasteiger partial charge in [0.15, 0.2) is 5.58 Å². The highest BCUT2D eigenvalue weighted by molar-refractivity contribution is 6.14. The molecule has 0 N–H and O–H groups in total. The summed E-state index contributed by atoms with van der Waals surface area (Å²) in [6.45, 7) is 2.33. The molecule has 1 heterocycles. The number of benzene rings is 8. The Morgan fingerprint density at radius 2 is 1.23 bits per heavy atom. The largest absolute Gasteiger partial charge is 0.436 e. The first-order chi connectivity index (χ1) is 25.6. The van der Waals surface area contributed by atoms with Crippen LogP contribution < -0.4 is 0 Å². The second-order valence-corrected chi connectivity index (χ2v) is 13.9. The van der Waals surface area contributed by atoms with Crippen LogP contribution in [0.5, 0.6) is 0 Å². The van der Waals surface area contributed by atoms with Gasteiger partial charge in [-0.3, -0.25) is 0 Å². The number of nitriles is 1. The summed E-state index contributed by atoms with van der Waals surface area (Å²) >= 11 is 0. The molecule has 0 saturated heterocycles. The van der Waals surface area contributed by atoms with E-state index in [0.717, 1.165) is 67.2 Å². The molecular formula is C49H32N2O. The van der Waals surface area contributed by atoms with Crippen molar-refractivity contribution in [2.24, 2.45) is 0 Å². The van der Waals surface area contributed by atoms with Gasteiger partial charge in [-0.15, -0.1) is 0 Å². The van der Waals surface area contributed by atoms with Crippen molar-refractivity contribution in [2.45, 2.75) is 19.3 Å². The van der Waals surface area contributed by atoms with E-state index in [1.165, 1.54) is 32.7 Å². The SMILES string of the molecule is CC1CC=Cc2c1c1ccc(-c3cc(C#N)cc(-c4ccc(-c5ccc(-c6nc7ccccc7o6)cc5)c5ccccc45)c3)cc1c1ccccc21. The molecule has 0 radical (unpaired) electrons. The van der Waals surface area contributed by atoms with E-state index in [4.69, 9.17) is 4.42 Å². The van der Waals surface area contributed by atoms with Crippen LogP contribution in [0.2, 0.25) is 0 Å². The number of para-hydroxylation sites is 2. The lowest BCUT2D eigenvalue weighted by Crippen LogP contribution is -2.02. The third-order valence-corrected chi connectivity index (χ3v) is 10.7. The molecule has 9 aromatic rings. The zero-order valence-corrected chi connectivity index (χ0v) is 28.6. The molecule has 0 saturated carbocycles. The maximum Gasteiger partial charge on any atom is 0.227 e. The van der Waals surface area contributed by atoms with Crippen molar-refractivity contribution >= 4 is 49.5 Å². The quantitative estimate of drug-likeness (QED) is 0.176. The van der Waals surface area contributed by atoms with E-state index in [2.05, 4.69) is 139 Å². The number of hydrogen-bond donors (Lipinski definition) is 0. The molecule has 0 fully saturated rings. The molecule has 0 bridgehead atoms. The van der Waals surface area contributed by atoms with Crippen LogP contribution in [0.3, 0.4) is 0 Å². The first-order valence-corrected chi connectivity index (χ1v) is 17.8. The second kappa shape index (κ2) is 11.9. The van der Waals surface area contributed by atoms with Gasteiger partial charge >= 0.3 is 0 Å². The summed E-state index contributed by atoms with van der Waals surface area (Å²) in [7, 11) is 0. The molecule has 0 aliphatic heterocycles. The van der Waals surface area contributed by atoms with Gasteiger partial charge in [-0.25, -0.2) is 4.98 Å². The molecule has 10 rings (SSSR count). The van der Waals surface area contributed by atoms with Crippen molar-refractivity contribution in [1.29, 1.82) is 5.26 Å². The van der Waals surface area contributed by atoms with Crippen molar-refractivity contribution in [3.8, 4) is 50.9 Å². The zero-order valence-electron chi connectivity index (χ0n) is 28.6. The van der Waals surface area contributed by atoms with Crippen LogP contribution >= 0.6 is 0 Å². The molecule has 0 spiro atoms. The van der Waals surface area contributed by atoms with Gasteiger partial charge in [-0.1, -0.05) is 116 Å². The zero-order chi connectivity index (χ0) is 34.8. The van der Waals surface area contributed by atoms with Crippen LogP contribution in [0.4, 0.5) is 0 Å². The summed E-state index contributed by atoms with van der Waals surface area (Å²) in [4.78, 5) is 4.68. The smallest absolute Gasteiger partial charge is 0.227 e. The van der Waals surface area contributed by atoms with Crippen LogP contribution in [0.15, 0.2) is 156 Å². The molecule has 1 aliphatic rings. The van der Waals surface area contributed by atoms with Gasteiger partial charge in [-0.05, 0) is 138 Å². The summed E-state index contributed by atoms with van der Waals surface area (Å²) in [5.74, 6) is 1.07. The predicted molar refractivity (Wildman–Crippen MR) is 215 cm³/mol. The van der Waals surface area contributed by atoms with Gasteiger partial charge in [0.2, 0.25) is 5.89 Å². The van der Waals surface area contributed by atoms with Crippen molar-refractivity contribution in [3.05, 3.63) is 168 Å². The topological polar surface area (TPSA) is 49.8 Å². The normalized spacial score (nSPS) is 13.9. The van der Waals surface area contributed by atoms with Crippen LogP contribution in [0.1, 0.15) is 36.0 Å². The third kappa shape index (κ3) is 4.84. The van der Waals surface area contributed by atoms with Crippen LogP contribution in [-0.2, 0) is 0 Å². The fourth-order valence-electron chi connectivity index (χ4n) is 8.25. The van der Waals surface area contributed by atoms with E-state index in [0.29, 0.717) is 17.4 Å². The molecule has 3 heteroatoms. The first kappa shape index (κ1) is 30.1. The molecular weight excluding hydrogens is 633 g/mol. The van der Waals surface area contributed by atoms with E-state index in [1.807, 2.05) is 36.4 Å². The predicted octanol–water partition coefficient (Wildman–Crippen LogP) is 13.3. The van der Waals surface area contributed by atoms with Crippen molar-refractivity contribution in [1.82, 2.24) is 4.98 Å². The minimum Gasteiger partial charge on any atom is -0.436 e. The van der Waals surface area contributed by atoms with E-state index >= 15 is 0 Å². The van der Waals surface area contributed by atoms with Gasteiger partial charge < -0.3 is 4.42 Å². The highest BCUT2D eigenvalue weighted by atomic mass is 16.3. The molecule has 1 aromatic heterocycles. The van der Waals surface area contributed by atoms with Gasteiger partial charge in [0.1, 0.15) is 5.52 Å². The Morgan fingerprint density at radius 1 is 0.577 bits per heavy atom. The average molecular weight is 665 g/mol. The van der Waals surface area contributed by atoms with E-state index in [9.17, 15) is 5.26 Å². The summed E-state index contributed by atoms with van der Waals surface area (Å²) < 4.78 is 6.02. The third-order valence-electron chi connectivity index (χ3n) is 10.7. The Bertz CT molecular complexity index is 2930. The summed E-state index contributed by atoms with van der Waals surface area (Å²) in [6, 6.07) is 53.5. The number of hydrogen-bond acceptors (Lipinski definition) is 3. The first-order valence-electron chi connectivity index (χ1n) is 17.8. The van der Waals surface area contributed by atoms with Gasteiger partial charge in [0.05, 0.1) is 11.6 Å². The molecule has 1 aliphatic carbocycles. The number of oxazole rings is 1. The van der Waals surface area contributed by atoms with E-state index in [1.54, 1.807) is 0 Å². The maximum atomic E-state index is 10.2. The minimum atomic E-state index is 0.453. The van der Waals surface area contributed by atoms with Crippen LogP contribution in [0.25, 0.3) is 94.3 Å². The maximum absolute atomic E-state index is 10.2. The highest BCUT2D eigenvalue weighted by Gasteiger charge is 2.20. The lowest BCUT2D eigenvalue weighted by Gasteiger charge is -2.23. The molecule has 3 nitrogen and oxygen atoms in total. The fraction of sp³-hybridized carbons (Fsp3) is 0.0612. The molecule has 1 unspecified atom stereocenters. The standard InChI is InChI=1S/C49H32N2O/c1-30-9-8-14-43-41-12-4-5-13-42(41)45-28-34(21-22-44(45)48(30)43)35-25-31(29-50)26-36(27-35)38-24-23-37(39-10-2-3-11-40(38)39)32-17-19-33(20-18-32)49-51-46-15-6-7-16-47(46)52-49/h2-8,10-28,30H,9H2,1H3. The van der Waals surface area contributed by atoms with Gasteiger partial charge in [-0.2, -0.15) is 5.26 Å². The molecule has 244 valence electrons. The van der Waals surface area contributed by atoms with Crippen LogP contribution in [0, 0.1) is 11.3 Å². The number of aromatic nitrogens is 1. The lowest BCUT2D eigenvalue weighted by atomic mass is 9.81. The fourth-order valence-corrected chi connectivity index (χ4v) is 8.25. The Morgan fingerprint density at radius 3 is 2.00 bits per heavy atom. The Kier molecular flexibility index (Phi) is 6.91. The molecule has 8 aromatic carbocycles. The average Bonchev–Trinajstić information content (AvgIpc) is 3.65. The minimum absolute atomic E-state index is 0.453. The molecule has 0 amide bonds. The van der Waals surface area contributed by atoms with E-state index in [-0.39, 0.29) is 0 Å². The van der Waals surface area contributed by atoms with Gasteiger partial charge in [0.25, 0.3) is 0 Å². The number of allylic oxidation sites excluding steroid dienone is 1. The summed E-state index contributed by atoms with van der Waals surface area (Å²) in [5, 5.41) is 17.7. The molecule has 1 atom stereocenters. The number of nitrogens with zero attached hydrogens (tertiary/aromatic N) is 2. The summed E-state index contributed by atoms with van der Waals surface area (Å²) in [6.07, 6.45) is 5.66. The van der Waals surface area contributed by atoms with Crippen molar-refractivity contribution < 1.29 is 4.42 Å². The lowest BCUT2D eigenvalue weighted by molar-refractivity contribution is 0.620. The number of rotatable bonds is 4. The summed E-state index contributed by atoms with van der Waals surface area (Å²) in [5.41, 5.74) is 12.5. The van der Waals surface area contributed by atoms with E-state index < -0.39 is 0 Å². The molecule has 52 heavy (non-hydrogen) atoms. The highest BCUT2D eigenvalue weighted by Crippen LogP contribution is 2.43. The van der Waals surface area contributed by atoms with Crippen molar-refractivity contribution in [3.63, 3.8) is 0 Å². The monoisotopic (exact) mass is 664 g/mol. The Labute approximate surface area is 301 Å². The Hall–Kier alpha value is -6.76. The van der Waals surface area contributed by atoms with Crippen molar-refractivity contribution in [2.75, 3.05) is 0 Å².